The highest BCUT2D eigenvalue weighted by atomic mass is 19.1. The van der Waals surface area contributed by atoms with E-state index in [4.69, 9.17) is 14.2 Å². The fourth-order valence-electron chi connectivity index (χ4n) is 2.32. The molecule has 6 nitrogen and oxygen atoms in total. The molecule has 3 aromatic rings. The van der Waals surface area contributed by atoms with Crippen LogP contribution < -0.4 is 14.8 Å². The Balaban J connectivity index is 1.43. The molecular weight excluding hydrogens is 377 g/mol. The Bertz CT molecular complexity index is 960. The van der Waals surface area contributed by atoms with Gasteiger partial charge in [-0.2, -0.15) is 0 Å². The van der Waals surface area contributed by atoms with Crippen LogP contribution >= 0.6 is 0 Å². The van der Waals surface area contributed by atoms with Gasteiger partial charge in [0.2, 0.25) is 0 Å². The van der Waals surface area contributed by atoms with E-state index in [2.05, 4.69) is 5.32 Å². The smallest absolute Gasteiger partial charge is 0.344 e. The molecule has 7 heteroatoms. The summed E-state index contributed by atoms with van der Waals surface area (Å²) in [4.78, 5) is 23.7. The van der Waals surface area contributed by atoms with E-state index in [1.165, 1.54) is 24.3 Å². The van der Waals surface area contributed by atoms with E-state index in [1.54, 1.807) is 24.3 Å². The molecule has 0 bridgehead atoms. The third kappa shape index (κ3) is 6.66. The molecule has 0 aromatic heterocycles. The van der Waals surface area contributed by atoms with Crippen molar-refractivity contribution in [1.82, 2.24) is 0 Å². The Morgan fingerprint density at radius 1 is 0.793 bits per heavy atom. The van der Waals surface area contributed by atoms with Crippen LogP contribution in [0.15, 0.2) is 78.9 Å². The number of hydrogen-bond acceptors (Lipinski definition) is 5. The zero-order valence-corrected chi connectivity index (χ0v) is 15.3. The van der Waals surface area contributed by atoms with Crippen molar-refractivity contribution in [3.8, 4) is 17.2 Å². The van der Waals surface area contributed by atoms with Gasteiger partial charge in [-0.1, -0.05) is 24.3 Å². The lowest BCUT2D eigenvalue weighted by Crippen LogP contribution is -2.23. The van der Waals surface area contributed by atoms with Crippen LogP contribution in [0.4, 0.5) is 10.1 Å². The molecule has 0 unspecified atom stereocenters. The molecule has 0 aliphatic carbocycles. The monoisotopic (exact) mass is 395 g/mol. The van der Waals surface area contributed by atoms with Crippen LogP contribution in [-0.2, 0) is 14.3 Å². The maximum atomic E-state index is 12.8. The Labute approximate surface area is 166 Å². The maximum absolute atomic E-state index is 12.8. The molecule has 0 fully saturated rings. The number of carbonyl (C=O) groups is 2. The number of hydrogen-bond donors (Lipinski definition) is 1. The van der Waals surface area contributed by atoms with Gasteiger partial charge in [-0.3, -0.25) is 4.79 Å². The van der Waals surface area contributed by atoms with E-state index in [0.29, 0.717) is 22.9 Å². The molecule has 0 atom stereocenters. The van der Waals surface area contributed by atoms with Crippen molar-refractivity contribution < 1.29 is 28.2 Å². The van der Waals surface area contributed by atoms with Crippen molar-refractivity contribution in [2.75, 3.05) is 18.5 Å². The summed E-state index contributed by atoms with van der Waals surface area (Å²) in [6.07, 6.45) is 0. The maximum Gasteiger partial charge on any atom is 0.344 e. The predicted octanol–water partition coefficient (Wildman–Crippen LogP) is 4.18. The van der Waals surface area contributed by atoms with E-state index in [0.717, 1.165) is 0 Å². The van der Waals surface area contributed by atoms with Crippen molar-refractivity contribution in [1.29, 1.82) is 0 Å². The zero-order valence-electron chi connectivity index (χ0n) is 15.3. The molecule has 0 radical (unpaired) electrons. The Kier molecular flexibility index (Phi) is 6.78. The van der Waals surface area contributed by atoms with E-state index in [-0.39, 0.29) is 6.61 Å². The lowest BCUT2D eigenvalue weighted by molar-refractivity contribution is -0.149. The van der Waals surface area contributed by atoms with Gasteiger partial charge in [-0.25, -0.2) is 9.18 Å². The summed E-state index contributed by atoms with van der Waals surface area (Å²) in [5.41, 5.74) is 0.502. The Hall–Kier alpha value is -3.87. The van der Waals surface area contributed by atoms with E-state index in [9.17, 15) is 14.0 Å². The zero-order chi connectivity index (χ0) is 20.5. The second-order valence-electron chi connectivity index (χ2n) is 5.89. The highest BCUT2D eigenvalue weighted by Crippen LogP contribution is 2.23. The number of nitrogens with one attached hydrogen (secondary N) is 1. The van der Waals surface area contributed by atoms with Crippen LogP contribution in [0.1, 0.15) is 0 Å². The molecule has 1 amide bonds. The molecule has 29 heavy (non-hydrogen) atoms. The van der Waals surface area contributed by atoms with Crippen molar-refractivity contribution in [3.63, 3.8) is 0 Å². The summed E-state index contributed by atoms with van der Waals surface area (Å²) < 4.78 is 28.5. The topological polar surface area (TPSA) is 73.9 Å². The molecule has 0 aliphatic rings. The summed E-state index contributed by atoms with van der Waals surface area (Å²) in [5.74, 6) is -0.0785. The minimum absolute atomic E-state index is 0.322. The highest BCUT2D eigenvalue weighted by molar-refractivity contribution is 5.93. The molecule has 0 spiro atoms. The number of rotatable bonds is 8. The summed E-state index contributed by atoms with van der Waals surface area (Å²) in [7, 11) is 0. The average molecular weight is 395 g/mol. The van der Waals surface area contributed by atoms with Gasteiger partial charge in [0.15, 0.2) is 13.2 Å². The number of ether oxygens (including phenoxy) is 3. The van der Waals surface area contributed by atoms with Crippen LogP contribution in [0.25, 0.3) is 0 Å². The van der Waals surface area contributed by atoms with Gasteiger partial charge in [-0.15, -0.1) is 0 Å². The van der Waals surface area contributed by atoms with Crippen molar-refractivity contribution in [2.45, 2.75) is 0 Å². The molecule has 3 rings (SSSR count). The minimum atomic E-state index is -0.717. The number of para-hydroxylation sites is 1. The third-order valence-electron chi connectivity index (χ3n) is 3.63. The van der Waals surface area contributed by atoms with Gasteiger partial charge in [0.05, 0.1) is 0 Å². The quantitative estimate of drug-likeness (QED) is 0.579. The summed E-state index contributed by atoms with van der Waals surface area (Å²) in [6, 6.07) is 21.3. The van der Waals surface area contributed by atoms with Crippen molar-refractivity contribution in [2.24, 2.45) is 0 Å². The van der Waals surface area contributed by atoms with Crippen LogP contribution in [-0.4, -0.2) is 25.1 Å². The number of halogens is 1. The Morgan fingerprint density at radius 3 is 2.28 bits per heavy atom. The van der Waals surface area contributed by atoms with Crippen molar-refractivity contribution in [3.05, 3.63) is 84.7 Å². The standard InChI is InChI=1S/C22H18FNO5/c23-16-9-11-18(12-10-16)27-15-22(26)28-14-21(25)24-17-5-4-8-20(13-17)29-19-6-2-1-3-7-19/h1-13H,14-15H2,(H,24,25). The first-order valence-electron chi connectivity index (χ1n) is 8.75. The number of benzene rings is 3. The number of amides is 1. The number of anilines is 1. The number of carbonyl (C=O) groups excluding carboxylic acids is 2. The van der Waals surface area contributed by atoms with Gasteiger partial charge < -0.3 is 19.5 Å². The predicted molar refractivity (Wildman–Crippen MR) is 104 cm³/mol. The van der Waals surface area contributed by atoms with E-state index >= 15 is 0 Å². The van der Waals surface area contributed by atoms with Crippen LogP contribution in [0.2, 0.25) is 0 Å². The first kappa shape index (κ1) is 19.9. The van der Waals surface area contributed by atoms with Crippen LogP contribution in [0, 0.1) is 5.82 Å². The van der Waals surface area contributed by atoms with Gasteiger partial charge in [0.1, 0.15) is 23.1 Å². The van der Waals surface area contributed by atoms with Crippen molar-refractivity contribution >= 4 is 17.6 Å². The largest absolute Gasteiger partial charge is 0.482 e. The molecule has 1 N–H and O–H groups in total. The SMILES string of the molecule is O=C(COC(=O)COc1ccc(F)cc1)Nc1cccc(Oc2ccccc2)c1. The third-order valence-corrected chi connectivity index (χ3v) is 3.63. The lowest BCUT2D eigenvalue weighted by Gasteiger charge is -2.10. The summed E-state index contributed by atoms with van der Waals surface area (Å²) >= 11 is 0. The molecule has 0 heterocycles. The van der Waals surface area contributed by atoms with Gasteiger partial charge in [0, 0.05) is 11.8 Å². The number of esters is 1. The van der Waals surface area contributed by atoms with Gasteiger partial charge >= 0.3 is 5.97 Å². The average Bonchev–Trinajstić information content (AvgIpc) is 2.73. The second kappa shape index (κ2) is 9.89. The van der Waals surface area contributed by atoms with Crippen LogP contribution in [0.5, 0.6) is 17.2 Å². The highest BCUT2D eigenvalue weighted by Gasteiger charge is 2.09. The van der Waals surface area contributed by atoms with Gasteiger partial charge in [-0.05, 0) is 48.5 Å². The fraction of sp³-hybridized carbons (Fsp3) is 0.0909. The molecule has 3 aromatic carbocycles. The summed E-state index contributed by atoms with van der Waals surface area (Å²) in [5, 5.41) is 2.62. The minimum Gasteiger partial charge on any atom is -0.482 e. The molecule has 148 valence electrons. The lowest BCUT2D eigenvalue weighted by atomic mass is 10.3. The Morgan fingerprint density at radius 2 is 1.52 bits per heavy atom. The first-order valence-corrected chi connectivity index (χ1v) is 8.75. The molecule has 0 aliphatic heterocycles. The second-order valence-corrected chi connectivity index (χ2v) is 5.89. The summed E-state index contributed by atoms with van der Waals surface area (Å²) in [6.45, 7) is -0.852. The van der Waals surface area contributed by atoms with Crippen LogP contribution in [0.3, 0.4) is 0 Å². The van der Waals surface area contributed by atoms with Gasteiger partial charge in [0.25, 0.3) is 5.91 Å². The van der Waals surface area contributed by atoms with E-state index < -0.39 is 24.3 Å². The first-order chi connectivity index (χ1) is 14.1. The molecule has 0 saturated carbocycles. The molecule has 0 saturated heterocycles. The normalized spacial score (nSPS) is 10.1. The molecular formula is C22H18FNO5. The van der Waals surface area contributed by atoms with E-state index in [1.807, 2.05) is 30.3 Å². The fourth-order valence-corrected chi connectivity index (χ4v) is 2.32.